The number of halogens is 3. The molecule has 0 spiro atoms. The van der Waals surface area contributed by atoms with Crippen LogP contribution < -0.4 is 24.4 Å². The molecule has 2 N–H and O–H groups in total. The van der Waals surface area contributed by atoms with E-state index in [0.717, 1.165) is 31.0 Å². The second kappa shape index (κ2) is 10.7. The Bertz CT molecular complexity index is 1410. The van der Waals surface area contributed by atoms with Gasteiger partial charge in [0.1, 0.15) is 11.9 Å². The summed E-state index contributed by atoms with van der Waals surface area (Å²) < 4.78 is 86.8. The molecule has 1 amide bonds. The van der Waals surface area contributed by atoms with Crippen LogP contribution in [0.15, 0.2) is 35.4 Å². The number of hydrogen-bond donors (Lipinski definition) is 2. The fraction of sp³-hybridized carbons (Fsp3) is 0.520. The number of rotatable bonds is 8. The highest BCUT2D eigenvalue weighted by Gasteiger charge is 2.51. The standard InChI is InChI=1S/C25H32F3N5O6S/c1-15(2)29-13-17-14-33(40(35,36)21-18-8-6-7-11-32(18)31-22(21)37-5)19-12-16(9-10-20(19)38-17)30-23(34)39-24(3,4)25(26,27)28/h9-10,12,17,29H,1,6-8,11,13-14H2,2-5H3,(H,30,34)/t17-/m0/s1. The number of allylic oxidation sites excluding steroid dienone is 1. The molecule has 3 heterocycles. The third-order valence-corrected chi connectivity index (χ3v) is 8.41. The zero-order valence-electron chi connectivity index (χ0n) is 22.6. The van der Waals surface area contributed by atoms with Crippen LogP contribution in [0.5, 0.6) is 11.6 Å². The van der Waals surface area contributed by atoms with Crippen LogP contribution in [0, 0.1) is 0 Å². The van der Waals surface area contributed by atoms with Gasteiger partial charge in [-0.05, 0) is 58.2 Å². The van der Waals surface area contributed by atoms with E-state index in [1.165, 1.54) is 25.3 Å². The minimum atomic E-state index is -4.80. The van der Waals surface area contributed by atoms with Gasteiger partial charge < -0.3 is 19.5 Å². The van der Waals surface area contributed by atoms with Gasteiger partial charge in [-0.2, -0.15) is 13.2 Å². The number of hydrogen-bond acceptors (Lipinski definition) is 8. The van der Waals surface area contributed by atoms with Crippen LogP contribution in [-0.4, -0.2) is 62.4 Å². The minimum absolute atomic E-state index is 0.00744. The van der Waals surface area contributed by atoms with Gasteiger partial charge in [0.25, 0.3) is 15.9 Å². The maximum absolute atomic E-state index is 14.2. The third-order valence-electron chi connectivity index (χ3n) is 6.55. The van der Waals surface area contributed by atoms with Crippen molar-refractivity contribution in [2.45, 2.75) is 69.4 Å². The number of alkyl halides is 3. The molecular formula is C25H32F3N5O6S. The van der Waals surface area contributed by atoms with Gasteiger partial charge in [0, 0.05) is 17.9 Å². The van der Waals surface area contributed by atoms with Crippen LogP contribution in [0.2, 0.25) is 0 Å². The largest absolute Gasteiger partial charge is 0.484 e. The molecule has 15 heteroatoms. The van der Waals surface area contributed by atoms with Crippen LogP contribution in [0.25, 0.3) is 0 Å². The molecule has 0 aliphatic carbocycles. The average molecular weight is 588 g/mol. The molecule has 40 heavy (non-hydrogen) atoms. The second-order valence-electron chi connectivity index (χ2n) is 10.1. The molecule has 220 valence electrons. The Hall–Kier alpha value is -3.62. The number of fused-ring (bicyclic) bond motifs is 2. The summed E-state index contributed by atoms with van der Waals surface area (Å²) in [5.41, 5.74) is -1.47. The van der Waals surface area contributed by atoms with E-state index in [2.05, 4.69) is 27.0 Å². The number of aryl methyl sites for hydroxylation is 1. The predicted octanol–water partition coefficient (Wildman–Crippen LogP) is 4.20. The number of aromatic nitrogens is 2. The molecule has 0 bridgehead atoms. The summed E-state index contributed by atoms with van der Waals surface area (Å²) in [6.45, 7) is 7.69. The molecule has 4 rings (SSSR count). The van der Waals surface area contributed by atoms with E-state index >= 15 is 0 Å². The van der Waals surface area contributed by atoms with Crippen LogP contribution in [0.3, 0.4) is 0 Å². The number of benzene rings is 1. The quantitative estimate of drug-likeness (QED) is 0.471. The Morgan fingerprint density at radius 1 is 1.27 bits per heavy atom. The molecule has 0 fully saturated rings. The number of anilines is 2. The zero-order chi connectivity index (χ0) is 29.5. The lowest BCUT2D eigenvalue weighted by Gasteiger charge is -2.36. The fourth-order valence-corrected chi connectivity index (χ4v) is 6.22. The van der Waals surface area contributed by atoms with Gasteiger partial charge in [0.2, 0.25) is 5.60 Å². The molecular weight excluding hydrogens is 555 g/mol. The number of carbonyl (C=O) groups excluding carboxylic acids is 1. The molecule has 0 saturated heterocycles. The van der Waals surface area contributed by atoms with E-state index < -0.39 is 34.0 Å². The molecule has 2 aliphatic rings. The van der Waals surface area contributed by atoms with Crippen molar-refractivity contribution in [1.82, 2.24) is 15.1 Å². The van der Waals surface area contributed by atoms with E-state index in [-0.39, 0.29) is 41.0 Å². The van der Waals surface area contributed by atoms with Gasteiger partial charge in [-0.25, -0.2) is 13.2 Å². The lowest BCUT2D eigenvalue weighted by Crippen LogP contribution is -2.47. The molecule has 1 aromatic carbocycles. The number of carbonyl (C=O) groups is 1. The van der Waals surface area contributed by atoms with Gasteiger partial charge in [-0.15, -0.1) is 5.10 Å². The molecule has 0 unspecified atom stereocenters. The van der Waals surface area contributed by atoms with Crippen LogP contribution >= 0.6 is 0 Å². The number of sulfonamides is 1. The van der Waals surface area contributed by atoms with Crippen molar-refractivity contribution < 1.29 is 40.6 Å². The van der Waals surface area contributed by atoms with Crippen LogP contribution in [0.1, 0.15) is 39.3 Å². The van der Waals surface area contributed by atoms with Gasteiger partial charge in [0.05, 0.1) is 31.6 Å². The molecule has 0 radical (unpaired) electrons. The maximum atomic E-state index is 14.2. The highest BCUT2D eigenvalue weighted by Crippen LogP contribution is 2.42. The van der Waals surface area contributed by atoms with Crippen molar-refractivity contribution in [2.75, 3.05) is 29.8 Å². The first-order valence-corrected chi connectivity index (χ1v) is 14.0. The number of nitrogens with zero attached hydrogens (tertiary/aromatic N) is 3. The molecule has 2 aromatic rings. The number of ether oxygens (including phenoxy) is 3. The van der Waals surface area contributed by atoms with Crippen LogP contribution in [0.4, 0.5) is 29.3 Å². The van der Waals surface area contributed by atoms with Crippen molar-refractivity contribution in [3.63, 3.8) is 0 Å². The zero-order valence-corrected chi connectivity index (χ0v) is 23.4. The van der Waals surface area contributed by atoms with E-state index in [1.54, 1.807) is 11.6 Å². The summed E-state index contributed by atoms with van der Waals surface area (Å²) in [5.74, 6) is 0.159. The Morgan fingerprint density at radius 3 is 2.65 bits per heavy atom. The van der Waals surface area contributed by atoms with Crippen molar-refractivity contribution in [3.05, 3.63) is 36.2 Å². The first kappa shape index (κ1) is 29.4. The van der Waals surface area contributed by atoms with Crippen LogP contribution in [-0.2, 0) is 27.7 Å². The lowest BCUT2D eigenvalue weighted by molar-refractivity contribution is -0.242. The predicted molar refractivity (Wildman–Crippen MR) is 140 cm³/mol. The summed E-state index contributed by atoms with van der Waals surface area (Å²) >= 11 is 0. The van der Waals surface area contributed by atoms with Crippen molar-refractivity contribution in [1.29, 1.82) is 0 Å². The Kier molecular flexibility index (Phi) is 7.89. The van der Waals surface area contributed by atoms with Gasteiger partial charge >= 0.3 is 12.3 Å². The normalized spacial score (nSPS) is 17.3. The topological polar surface area (TPSA) is 124 Å². The van der Waals surface area contributed by atoms with Gasteiger partial charge in [0.15, 0.2) is 4.90 Å². The summed E-state index contributed by atoms with van der Waals surface area (Å²) in [5, 5.41) is 9.64. The van der Waals surface area contributed by atoms with Crippen molar-refractivity contribution >= 4 is 27.5 Å². The first-order chi connectivity index (χ1) is 18.6. The maximum Gasteiger partial charge on any atom is 0.427 e. The Labute approximate surface area is 230 Å². The summed E-state index contributed by atoms with van der Waals surface area (Å²) in [4.78, 5) is 12.3. The van der Waals surface area contributed by atoms with Gasteiger partial charge in [-0.3, -0.25) is 14.3 Å². The summed E-state index contributed by atoms with van der Waals surface area (Å²) in [6, 6.07) is 4.11. The summed E-state index contributed by atoms with van der Waals surface area (Å²) in [7, 11) is -2.94. The van der Waals surface area contributed by atoms with E-state index in [9.17, 15) is 26.4 Å². The molecule has 2 aliphatic heterocycles. The Balaban J connectivity index is 1.72. The monoisotopic (exact) mass is 587 g/mol. The SMILES string of the molecule is C=C(C)NC[C@H]1CN(S(=O)(=O)c2c(OC)nn3c2CCCC3)c2cc(NC(=O)OC(C)(C)C(F)(F)F)ccc2O1. The highest BCUT2D eigenvalue weighted by atomic mass is 32.2. The second-order valence-corrected chi connectivity index (χ2v) is 11.9. The fourth-order valence-electron chi connectivity index (χ4n) is 4.39. The minimum Gasteiger partial charge on any atom is -0.484 e. The smallest absolute Gasteiger partial charge is 0.427 e. The van der Waals surface area contributed by atoms with E-state index in [4.69, 9.17) is 9.47 Å². The van der Waals surface area contributed by atoms with Crippen molar-refractivity contribution in [3.8, 4) is 11.6 Å². The number of nitrogens with one attached hydrogen (secondary N) is 2. The molecule has 1 aromatic heterocycles. The highest BCUT2D eigenvalue weighted by molar-refractivity contribution is 7.93. The number of methoxy groups -OCH3 is 1. The molecule has 11 nitrogen and oxygen atoms in total. The van der Waals surface area contributed by atoms with Crippen molar-refractivity contribution in [2.24, 2.45) is 0 Å². The third kappa shape index (κ3) is 5.78. The van der Waals surface area contributed by atoms with E-state index in [0.29, 0.717) is 24.4 Å². The first-order valence-electron chi connectivity index (χ1n) is 12.6. The summed E-state index contributed by atoms with van der Waals surface area (Å²) in [6.07, 6.45) is -4.65. The average Bonchev–Trinajstić information content (AvgIpc) is 3.25. The molecule has 0 saturated carbocycles. The van der Waals surface area contributed by atoms with E-state index in [1.807, 2.05) is 0 Å². The molecule has 1 atom stereocenters. The van der Waals surface area contributed by atoms with Gasteiger partial charge in [-0.1, -0.05) is 6.58 Å². The lowest BCUT2D eigenvalue weighted by atomic mass is 10.1. The Morgan fingerprint density at radius 2 is 2.00 bits per heavy atom. The number of amides is 1.